The van der Waals surface area contributed by atoms with Gasteiger partial charge < -0.3 is 4.74 Å². The molecule has 0 radical (unpaired) electrons. The molecule has 2 aromatic rings. The molecule has 0 amide bonds. The van der Waals surface area contributed by atoms with Gasteiger partial charge in [-0.15, -0.1) is 11.3 Å². The molecule has 88 valence electrons. The first-order chi connectivity index (χ1) is 8.36. The van der Waals surface area contributed by atoms with Gasteiger partial charge in [-0.2, -0.15) is 0 Å². The fourth-order valence-electron chi connectivity index (χ4n) is 1.83. The molecule has 1 aromatic carbocycles. The largest absolute Gasteiger partial charge is 0.494 e. The maximum atomic E-state index is 5.43. The summed E-state index contributed by atoms with van der Waals surface area (Å²) in [6, 6.07) is 8.18. The number of nitrogens with zero attached hydrogens (tertiary/aromatic N) is 1. The molecule has 0 N–H and O–H groups in total. The lowest BCUT2D eigenvalue weighted by molar-refractivity contribution is 0.340. The Morgan fingerprint density at radius 2 is 2.06 bits per heavy atom. The monoisotopic (exact) mass is 245 g/mol. The Morgan fingerprint density at radius 1 is 1.29 bits per heavy atom. The summed E-state index contributed by atoms with van der Waals surface area (Å²) in [5.41, 5.74) is 2.27. The van der Waals surface area contributed by atoms with Gasteiger partial charge in [-0.3, -0.25) is 0 Å². The highest BCUT2D eigenvalue weighted by molar-refractivity contribution is 7.10. The minimum Gasteiger partial charge on any atom is -0.494 e. The van der Waals surface area contributed by atoms with Crippen LogP contribution in [-0.2, 0) is 0 Å². The lowest BCUT2D eigenvalue weighted by Crippen LogP contribution is -1.90. The Labute approximate surface area is 105 Å². The first-order valence-electron chi connectivity index (χ1n) is 6.05. The highest BCUT2D eigenvalue weighted by Crippen LogP contribution is 2.42. The summed E-state index contributed by atoms with van der Waals surface area (Å²) < 4.78 is 5.43. The van der Waals surface area contributed by atoms with Crippen molar-refractivity contribution >= 4 is 11.3 Å². The van der Waals surface area contributed by atoms with Crippen LogP contribution >= 0.6 is 11.3 Å². The van der Waals surface area contributed by atoms with Crippen molar-refractivity contribution in [3.63, 3.8) is 0 Å². The molecule has 0 atom stereocenters. The van der Waals surface area contributed by atoms with E-state index in [1.165, 1.54) is 23.4 Å². The van der Waals surface area contributed by atoms with Crippen LogP contribution in [0.3, 0.4) is 0 Å². The van der Waals surface area contributed by atoms with Crippen molar-refractivity contribution in [3.05, 3.63) is 34.7 Å². The zero-order valence-electron chi connectivity index (χ0n) is 9.85. The maximum Gasteiger partial charge on any atom is 0.119 e. The molecule has 1 aromatic heterocycles. The Balaban J connectivity index is 1.81. The van der Waals surface area contributed by atoms with E-state index in [1.54, 1.807) is 11.3 Å². The van der Waals surface area contributed by atoms with Crippen molar-refractivity contribution in [1.29, 1.82) is 0 Å². The van der Waals surface area contributed by atoms with E-state index in [0.717, 1.165) is 17.4 Å². The van der Waals surface area contributed by atoms with Crippen LogP contribution in [0.15, 0.2) is 29.6 Å². The Morgan fingerprint density at radius 3 is 2.71 bits per heavy atom. The summed E-state index contributed by atoms with van der Waals surface area (Å²) in [6.45, 7) is 2.71. The first-order valence-corrected chi connectivity index (χ1v) is 6.93. The number of hydrogen-bond acceptors (Lipinski definition) is 3. The third-order valence-corrected chi connectivity index (χ3v) is 3.92. The van der Waals surface area contributed by atoms with E-state index in [1.807, 2.05) is 19.1 Å². The van der Waals surface area contributed by atoms with Crippen molar-refractivity contribution < 1.29 is 4.74 Å². The topological polar surface area (TPSA) is 22.1 Å². The van der Waals surface area contributed by atoms with E-state index < -0.39 is 0 Å². The highest BCUT2D eigenvalue weighted by Gasteiger charge is 2.26. The van der Waals surface area contributed by atoms with Gasteiger partial charge in [0.1, 0.15) is 5.75 Å². The summed E-state index contributed by atoms with van der Waals surface area (Å²) in [4.78, 5) is 4.70. The second-order valence-electron chi connectivity index (χ2n) is 4.30. The van der Waals surface area contributed by atoms with E-state index in [9.17, 15) is 0 Å². The standard InChI is InChI=1S/C14H15NOS/c1-2-16-12-7-5-10(6-8-12)13-9-17-14(15-13)11-3-4-11/h5-9,11H,2-4H2,1H3. The molecule has 1 saturated carbocycles. The van der Waals surface area contributed by atoms with Crippen molar-refractivity contribution in [1.82, 2.24) is 4.98 Å². The fourth-order valence-corrected chi connectivity index (χ4v) is 2.83. The predicted octanol–water partition coefficient (Wildman–Crippen LogP) is 4.09. The van der Waals surface area contributed by atoms with Crippen LogP contribution < -0.4 is 4.74 Å². The number of thiazole rings is 1. The van der Waals surface area contributed by atoms with Gasteiger partial charge in [0.15, 0.2) is 0 Å². The third-order valence-electron chi connectivity index (χ3n) is 2.91. The minimum atomic E-state index is 0.710. The molecule has 1 aliphatic carbocycles. The van der Waals surface area contributed by atoms with E-state index in [-0.39, 0.29) is 0 Å². The number of hydrogen-bond donors (Lipinski definition) is 0. The predicted molar refractivity (Wildman–Crippen MR) is 70.7 cm³/mol. The van der Waals surface area contributed by atoms with Gasteiger partial charge in [0.2, 0.25) is 0 Å². The van der Waals surface area contributed by atoms with E-state index >= 15 is 0 Å². The van der Waals surface area contributed by atoms with Crippen LogP contribution in [0.2, 0.25) is 0 Å². The molecule has 2 nitrogen and oxygen atoms in total. The van der Waals surface area contributed by atoms with Gasteiger partial charge in [-0.1, -0.05) is 0 Å². The number of rotatable bonds is 4. The van der Waals surface area contributed by atoms with E-state index in [4.69, 9.17) is 9.72 Å². The molecule has 0 aliphatic heterocycles. The molecule has 1 aliphatic rings. The van der Waals surface area contributed by atoms with Crippen LogP contribution in [0, 0.1) is 0 Å². The molecule has 0 bridgehead atoms. The summed E-state index contributed by atoms with van der Waals surface area (Å²) in [6.07, 6.45) is 2.63. The lowest BCUT2D eigenvalue weighted by atomic mass is 10.2. The molecule has 3 rings (SSSR count). The SMILES string of the molecule is CCOc1ccc(-c2csc(C3CC3)n2)cc1. The van der Waals surface area contributed by atoms with E-state index in [0.29, 0.717) is 6.61 Å². The number of ether oxygens (including phenoxy) is 1. The molecule has 1 heterocycles. The smallest absolute Gasteiger partial charge is 0.119 e. The molecule has 0 saturated heterocycles. The quantitative estimate of drug-likeness (QED) is 0.809. The van der Waals surface area contributed by atoms with Crippen LogP contribution in [0.1, 0.15) is 30.7 Å². The maximum absolute atomic E-state index is 5.43. The van der Waals surface area contributed by atoms with Crippen LogP contribution in [0.5, 0.6) is 5.75 Å². The minimum absolute atomic E-state index is 0.710. The third kappa shape index (κ3) is 2.34. The van der Waals surface area contributed by atoms with Gasteiger partial charge in [-0.05, 0) is 44.0 Å². The zero-order valence-corrected chi connectivity index (χ0v) is 10.7. The number of benzene rings is 1. The molecule has 17 heavy (non-hydrogen) atoms. The fraction of sp³-hybridized carbons (Fsp3) is 0.357. The second kappa shape index (κ2) is 4.49. The van der Waals surface area contributed by atoms with Gasteiger partial charge in [0.05, 0.1) is 17.3 Å². The summed E-state index contributed by atoms with van der Waals surface area (Å²) in [5, 5.41) is 3.46. The molecular formula is C14H15NOS. The van der Waals surface area contributed by atoms with Crippen LogP contribution in [0.25, 0.3) is 11.3 Å². The Hall–Kier alpha value is -1.35. The average Bonchev–Trinajstić information content (AvgIpc) is 3.09. The van der Waals surface area contributed by atoms with Gasteiger partial charge in [-0.25, -0.2) is 4.98 Å². The second-order valence-corrected chi connectivity index (χ2v) is 5.19. The van der Waals surface area contributed by atoms with Crippen molar-refractivity contribution in [2.24, 2.45) is 0 Å². The molecule has 0 spiro atoms. The normalized spacial score (nSPS) is 14.9. The first kappa shape index (κ1) is 10.8. The van der Waals surface area contributed by atoms with Crippen molar-refractivity contribution in [3.8, 4) is 17.0 Å². The van der Waals surface area contributed by atoms with Crippen molar-refractivity contribution in [2.75, 3.05) is 6.61 Å². The molecule has 1 fully saturated rings. The lowest BCUT2D eigenvalue weighted by Gasteiger charge is -2.03. The van der Waals surface area contributed by atoms with Gasteiger partial charge in [0, 0.05) is 16.9 Å². The highest BCUT2D eigenvalue weighted by atomic mass is 32.1. The Bertz CT molecular complexity index is 499. The van der Waals surface area contributed by atoms with Crippen molar-refractivity contribution in [2.45, 2.75) is 25.7 Å². The van der Waals surface area contributed by atoms with Crippen LogP contribution in [0.4, 0.5) is 0 Å². The van der Waals surface area contributed by atoms with Crippen LogP contribution in [-0.4, -0.2) is 11.6 Å². The zero-order chi connectivity index (χ0) is 11.7. The summed E-state index contributed by atoms with van der Waals surface area (Å²) in [7, 11) is 0. The molecular weight excluding hydrogens is 230 g/mol. The summed E-state index contributed by atoms with van der Waals surface area (Å²) >= 11 is 1.79. The van der Waals surface area contributed by atoms with Gasteiger partial charge in [0.25, 0.3) is 0 Å². The number of aromatic nitrogens is 1. The summed E-state index contributed by atoms with van der Waals surface area (Å²) in [5.74, 6) is 1.67. The van der Waals surface area contributed by atoms with Gasteiger partial charge >= 0.3 is 0 Å². The molecule has 3 heteroatoms. The molecule has 0 unspecified atom stereocenters. The average molecular weight is 245 g/mol. The van der Waals surface area contributed by atoms with E-state index in [2.05, 4.69) is 17.5 Å². The Kier molecular flexibility index (Phi) is 2.85.